The van der Waals surface area contributed by atoms with E-state index in [4.69, 9.17) is 9.47 Å². The molecule has 0 fully saturated rings. The number of carbonyl (C=O) groups excluding carboxylic acids is 3. The number of likely N-dealkylation sites (N-methyl/N-ethyl adjacent to an activating group) is 1. The van der Waals surface area contributed by atoms with Gasteiger partial charge < -0.3 is 14.4 Å². The molecule has 172 valence electrons. The van der Waals surface area contributed by atoms with Crippen LogP contribution in [0.15, 0.2) is 72.8 Å². The zero-order valence-electron chi connectivity index (χ0n) is 18.8. The van der Waals surface area contributed by atoms with Gasteiger partial charge in [0.05, 0.1) is 11.1 Å². The molecule has 0 bridgehead atoms. The maximum absolute atomic E-state index is 13.7. The number of hydrogen-bond acceptors (Lipinski definition) is 5. The van der Waals surface area contributed by atoms with Crippen LogP contribution in [0.3, 0.4) is 0 Å². The van der Waals surface area contributed by atoms with Crippen molar-refractivity contribution in [3.63, 3.8) is 0 Å². The summed E-state index contributed by atoms with van der Waals surface area (Å²) in [5.74, 6) is 0.126. The number of rotatable bonds is 6. The predicted octanol–water partition coefficient (Wildman–Crippen LogP) is 3.32. The highest BCUT2D eigenvalue weighted by molar-refractivity contribution is 6.22. The molecule has 34 heavy (non-hydrogen) atoms. The third-order valence-corrected chi connectivity index (χ3v) is 6.10. The van der Waals surface area contributed by atoms with Crippen molar-refractivity contribution in [1.82, 2.24) is 9.80 Å². The summed E-state index contributed by atoms with van der Waals surface area (Å²) in [5.41, 5.74) is 2.38. The minimum absolute atomic E-state index is 0.233. The van der Waals surface area contributed by atoms with E-state index in [0.717, 1.165) is 16.0 Å². The number of amides is 3. The van der Waals surface area contributed by atoms with Crippen LogP contribution < -0.4 is 9.47 Å². The summed E-state index contributed by atoms with van der Waals surface area (Å²) < 4.78 is 11.2. The fourth-order valence-electron chi connectivity index (χ4n) is 4.41. The number of fused-ring (bicyclic) bond motifs is 2. The van der Waals surface area contributed by atoms with Crippen molar-refractivity contribution in [2.45, 2.75) is 19.0 Å². The molecule has 0 spiro atoms. The minimum atomic E-state index is -0.961. The zero-order chi connectivity index (χ0) is 23.7. The second-order valence-electron chi connectivity index (χ2n) is 8.40. The van der Waals surface area contributed by atoms with Gasteiger partial charge in [0.2, 0.25) is 5.91 Å². The number of carbonyl (C=O) groups is 3. The summed E-state index contributed by atoms with van der Waals surface area (Å²) in [6, 6.07) is 20.7. The Morgan fingerprint density at radius 2 is 1.47 bits per heavy atom. The van der Waals surface area contributed by atoms with Crippen LogP contribution in [0.4, 0.5) is 0 Å². The Morgan fingerprint density at radius 3 is 2.15 bits per heavy atom. The van der Waals surface area contributed by atoms with E-state index in [1.165, 1.54) is 0 Å². The molecule has 0 saturated carbocycles. The Labute approximate surface area is 197 Å². The van der Waals surface area contributed by atoms with Crippen molar-refractivity contribution >= 4 is 17.7 Å². The number of imide groups is 1. The van der Waals surface area contributed by atoms with E-state index in [-0.39, 0.29) is 12.3 Å². The van der Waals surface area contributed by atoms with Gasteiger partial charge in [-0.15, -0.1) is 0 Å². The van der Waals surface area contributed by atoms with E-state index >= 15 is 0 Å². The molecule has 0 unspecified atom stereocenters. The highest BCUT2D eigenvalue weighted by atomic mass is 16.6. The molecule has 5 rings (SSSR count). The average molecular weight is 456 g/mol. The summed E-state index contributed by atoms with van der Waals surface area (Å²) in [4.78, 5) is 42.7. The van der Waals surface area contributed by atoms with E-state index in [1.54, 1.807) is 36.2 Å². The van der Waals surface area contributed by atoms with Gasteiger partial charge in [0.1, 0.15) is 19.3 Å². The molecule has 2 aliphatic heterocycles. The first-order chi connectivity index (χ1) is 16.5. The molecule has 0 saturated heterocycles. The monoisotopic (exact) mass is 456 g/mol. The number of nitrogens with zero attached hydrogens (tertiary/aromatic N) is 2. The molecule has 2 heterocycles. The first kappa shape index (κ1) is 21.7. The molecule has 7 nitrogen and oxygen atoms in total. The lowest BCUT2D eigenvalue weighted by Crippen LogP contribution is -2.51. The van der Waals surface area contributed by atoms with Gasteiger partial charge in [-0.3, -0.25) is 19.3 Å². The van der Waals surface area contributed by atoms with Crippen LogP contribution in [0.25, 0.3) is 0 Å². The van der Waals surface area contributed by atoms with Gasteiger partial charge in [-0.2, -0.15) is 0 Å². The van der Waals surface area contributed by atoms with Crippen LogP contribution in [0, 0.1) is 0 Å². The van der Waals surface area contributed by atoms with Crippen molar-refractivity contribution in [3.8, 4) is 11.5 Å². The first-order valence-electron chi connectivity index (χ1n) is 11.2. The van der Waals surface area contributed by atoms with Crippen LogP contribution in [-0.4, -0.2) is 53.8 Å². The maximum atomic E-state index is 13.7. The van der Waals surface area contributed by atoms with Gasteiger partial charge in [0.25, 0.3) is 11.8 Å². The van der Waals surface area contributed by atoms with E-state index in [1.807, 2.05) is 48.5 Å². The van der Waals surface area contributed by atoms with E-state index in [0.29, 0.717) is 42.4 Å². The van der Waals surface area contributed by atoms with Crippen molar-refractivity contribution in [3.05, 3.63) is 95.1 Å². The lowest BCUT2D eigenvalue weighted by Gasteiger charge is -2.30. The van der Waals surface area contributed by atoms with Crippen molar-refractivity contribution < 1.29 is 23.9 Å². The molecule has 0 aliphatic carbocycles. The second-order valence-corrected chi connectivity index (χ2v) is 8.40. The Hall–Kier alpha value is -4.13. The van der Waals surface area contributed by atoms with E-state index in [2.05, 4.69) is 0 Å². The minimum Gasteiger partial charge on any atom is -0.486 e. The highest BCUT2D eigenvalue weighted by Crippen LogP contribution is 2.31. The SMILES string of the molecule is CN(Cc1ccc2c(c1)OCCO2)C(=O)[C@@H](Cc1ccccc1)N1C(=O)c2ccccc2C1=O. The molecule has 0 N–H and O–H groups in total. The summed E-state index contributed by atoms with van der Waals surface area (Å²) >= 11 is 0. The number of benzene rings is 3. The smallest absolute Gasteiger partial charge is 0.262 e. The molecule has 3 aromatic rings. The lowest BCUT2D eigenvalue weighted by molar-refractivity contribution is -0.134. The molecule has 2 aliphatic rings. The van der Waals surface area contributed by atoms with E-state index < -0.39 is 17.9 Å². The van der Waals surface area contributed by atoms with Crippen LogP contribution in [0.5, 0.6) is 11.5 Å². The van der Waals surface area contributed by atoms with Crippen LogP contribution >= 0.6 is 0 Å². The molecule has 7 heteroatoms. The zero-order valence-corrected chi connectivity index (χ0v) is 18.8. The van der Waals surface area contributed by atoms with Gasteiger partial charge in [-0.05, 0) is 35.4 Å². The Kier molecular flexibility index (Phi) is 5.76. The first-order valence-corrected chi connectivity index (χ1v) is 11.2. The molecule has 1 atom stereocenters. The van der Waals surface area contributed by atoms with Crippen LogP contribution in [0.2, 0.25) is 0 Å². The lowest BCUT2D eigenvalue weighted by atomic mass is 10.0. The third-order valence-electron chi connectivity index (χ3n) is 6.10. The fraction of sp³-hybridized carbons (Fsp3) is 0.222. The van der Waals surface area contributed by atoms with Crippen molar-refractivity contribution in [1.29, 1.82) is 0 Å². The Balaban J connectivity index is 1.42. The summed E-state index contributed by atoms with van der Waals surface area (Å²) in [6.07, 6.45) is 0.233. The molecule has 3 amide bonds. The fourth-order valence-corrected chi connectivity index (χ4v) is 4.41. The molecular formula is C27H24N2O5. The number of ether oxygens (including phenoxy) is 2. The van der Waals surface area contributed by atoms with Gasteiger partial charge in [-0.1, -0.05) is 48.5 Å². The van der Waals surface area contributed by atoms with Crippen molar-refractivity contribution in [2.24, 2.45) is 0 Å². The standard InChI is InChI=1S/C27H24N2O5/c1-28(17-19-11-12-23-24(16-19)34-14-13-33-23)27(32)22(15-18-7-3-2-4-8-18)29-25(30)20-9-5-6-10-21(20)26(29)31/h2-12,16,22H,13-15,17H2,1H3/t22-/m1/s1. The topological polar surface area (TPSA) is 76.2 Å². The second kappa shape index (κ2) is 9.02. The maximum Gasteiger partial charge on any atom is 0.262 e. The molecule has 0 radical (unpaired) electrons. The predicted molar refractivity (Wildman–Crippen MR) is 125 cm³/mol. The summed E-state index contributed by atoms with van der Waals surface area (Å²) in [5, 5.41) is 0. The van der Waals surface area contributed by atoms with Crippen molar-refractivity contribution in [2.75, 3.05) is 20.3 Å². The highest BCUT2D eigenvalue weighted by Gasteiger charge is 2.43. The molecule has 3 aromatic carbocycles. The largest absolute Gasteiger partial charge is 0.486 e. The van der Waals surface area contributed by atoms with Gasteiger partial charge in [0.15, 0.2) is 11.5 Å². The van der Waals surface area contributed by atoms with Crippen LogP contribution in [0.1, 0.15) is 31.8 Å². The van der Waals surface area contributed by atoms with Gasteiger partial charge in [-0.25, -0.2) is 0 Å². The molecule has 0 aromatic heterocycles. The van der Waals surface area contributed by atoms with Gasteiger partial charge in [0, 0.05) is 20.0 Å². The Morgan fingerprint density at radius 1 is 0.853 bits per heavy atom. The third kappa shape index (κ3) is 4.01. The molecular weight excluding hydrogens is 432 g/mol. The normalized spacial score (nSPS) is 15.1. The Bertz CT molecular complexity index is 1220. The number of hydrogen-bond donors (Lipinski definition) is 0. The average Bonchev–Trinajstić information content (AvgIpc) is 3.12. The van der Waals surface area contributed by atoms with E-state index in [9.17, 15) is 14.4 Å². The van der Waals surface area contributed by atoms with Crippen LogP contribution in [-0.2, 0) is 17.8 Å². The summed E-state index contributed by atoms with van der Waals surface area (Å²) in [6.45, 7) is 1.28. The summed E-state index contributed by atoms with van der Waals surface area (Å²) in [7, 11) is 1.68. The quantitative estimate of drug-likeness (QED) is 0.532. The van der Waals surface area contributed by atoms with Gasteiger partial charge >= 0.3 is 0 Å².